The van der Waals surface area contributed by atoms with Crippen molar-refractivity contribution in [2.75, 3.05) is 12.4 Å². The van der Waals surface area contributed by atoms with Gasteiger partial charge in [-0.1, -0.05) is 23.2 Å². The number of amides is 1. The normalized spacial score (nSPS) is 10.6. The number of esters is 1. The van der Waals surface area contributed by atoms with E-state index in [1.165, 1.54) is 25.3 Å². The molecular weight excluding hydrogens is 352 g/mol. The zero-order valence-electron chi connectivity index (χ0n) is 14.6. The molecule has 5 nitrogen and oxygen atoms in total. The summed E-state index contributed by atoms with van der Waals surface area (Å²) in [5, 5.41) is 3.96. The number of fused-ring (bicyclic) bond motifs is 1. The maximum absolute atomic E-state index is 12.7. The highest BCUT2D eigenvalue weighted by Gasteiger charge is 2.15. The number of rotatable bonds is 3. The third-order valence-corrected chi connectivity index (χ3v) is 4.37. The summed E-state index contributed by atoms with van der Waals surface area (Å²) in [5.74, 6) is -0.849. The highest BCUT2D eigenvalue weighted by molar-refractivity contribution is 6.34. The van der Waals surface area contributed by atoms with E-state index in [0.29, 0.717) is 27.5 Å². The fourth-order valence-electron chi connectivity index (χ4n) is 2.68. The Kier molecular flexibility index (Phi) is 4.91. The zero-order chi connectivity index (χ0) is 18.8. The summed E-state index contributed by atoms with van der Waals surface area (Å²) in [4.78, 5) is 28.9. The lowest BCUT2D eigenvalue weighted by molar-refractivity contribution is 0.0600. The molecule has 0 bridgehead atoms. The van der Waals surface area contributed by atoms with Crippen molar-refractivity contribution in [3.05, 3.63) is 69.9 Å². The Bertz CT molecular complexity index is 1030. The Morgan fingerprint density at radius 3 is 2.58 bits per heavy atom. The first kappa shape index (κ1) is 17.9. The van der Waals surface area contributed by atoms with Gasteiger partial charge in [0, 0.05) is 5.39 Å². The monoisotopic (exact) mass is 368 g/mol. The summed E-state index contributed by atoms with van der Waals surface area (Å²) in [6, 6.07) is 12.2. The van der Waals surface area contributed by atoms with Crippen LogP contribution in [-0.4, -0.2) is 24.0 Å². The SMILES string of the molecule is COC(=O)c1ccc(Cl)c(NC(=O)c2cc3cc(C)ccc3nc2C)c1. The topological polar surface area (TPSA) is 68.3 Å². The molecule has 2 aromatic carbocycles. The quantitative estimate of drug-likeness (QED) is 0.689. The van der Waals surface area contributed by atoms with Crippen LogP contribution >= 0.6 is 11.6 Å². The van der Waals surface area contributed by atoms with E-state index in [-0.39, 0.29) is 5.91 Å². The van der Waals surface area contributed by atoms with E-state index in [1.54, 1.807) is 13.0 Å². The minimum Gasteiger partial charge on any atom is -0.465 e. The van der Waals surface area contributed by atoms with Crippen molar-refractivity contribution < 1.29 is 14.3 Å². The van der Waals surface area contributed by atoms with Gasteiger partial charge in [0.05, 0.1) is 40.2 Å². The van der Waals surface area contributed by atoms with Crippen LogP contribution in [-0.2, 0) is 4.74 Å². The van der Waals surface area contributed by atoms with E-state index in [9.17, 15) is 9.59 Å². The van der Waals surface area contributed by atoms with E-state index in [0.717, 1.165) is 16.5 Å². The number of anilines is 1. The molecule has 1 amide bonds. The second-order valence-electron chi connectivity index (χ2n) is 5.96. The lowest BCUT2D eigenvalue weighted by Crippen LogP contribution is -2.15. The predicted molar refractivity (Wildman–Crippen MR) is 102 cm³/mol. The van der Waals surface area contributed by atoms with Crippen LogP contribution in [0.15, 0.2) is 42.5 Å². The number of carbonyl (C=O) groups is 2. The molecule has 3 aromatic rings. The molecule has 0 aliphatic rings. The van der Waals surface area contributed by atoms with Crippen LogP contribution in [0.2, 0.25) is 5.02 Å². The number of nitrogens with zero attached hydrogens (tertiary/aromatic N) is 1. The van der Waals surface area contributed by atoms with Crippen LogP contribution < -0.4 is 5.32 Å². The molecule has 0 aliphatic carbocycles. The van der Waals surface area contributed by atoms with Gasteiger partial charge < -0.3 is 10.1 Å². The Balaban J connectivity index is 1.96. The number of hydrogen-bond acceptors (Lipinski definition) is 4. The molecular formula is C20H17ClN2O3. The molecule has 6 heteroatoms. The van der Waals surface area contributed by atoms with Crippen LogP contribution in [0.25, 0.3) is 10.9 Å². The van der Waals surface area contributed by atoms with Crippen molar-refractivity contribution in [1.29, 1.82) is 0 Å². The Hall–Kier alpha value is -2.92. The number of pyridine rings is 1. The first-order valence-corrected chi connectivity index (χ1v) is 8.34. The second kappa shape index (κ2) is 7.14. The fourth-order valence-corrected chi connectivity index (χ4v) is 2.84. The van der Waals surface area contributed by atoms with Gasteiger partial charge in [0.1, 0.15) is 0 Å². The van der Waals surface area contributed by atoms with E-state index in [4.69, 9.17) is 16.3 Å². The van der Waals surface area contributed by atoms with Crippen molar-refractivity contribution in [2.45, 2.75) is 13.8 Å². The first-order chi connectivity index (χ1) is 12.4. The van der Waals surface area contributed by atoms with Gasteiger partial charge >= 0.3 is 5.97 Å². The smallest absolute Gasteiger partial charge is 0.337 e. The third-order valence-electron chi connectivity index (χ3n) is 4.04. The van der Waals surface area contributed by atoms with E-state index < -0.39 is 5.97 Å². The summed E-state index contributed by atoms with van der Waals surface area (Å²) in [7, 11) is 1.29. The molecule has 0 aliphatic heterocycles. The number of methoxy groups -OCH3 is 1. The Morgan fingerprint density at radius 1 is 1.08 bits per heavy atom. The average molecular weight is 369 g/mol. The lowest BCUT2D eigenvalue weighted by atomic mass is 10.1. The molecule has 0 unspecified atom stereocenters. The molecule has 132 valence electrons. The third kappa shape index (κ3) is 3.53. The van der Waals surface area contributed by atoms with Crippen molar-refractivity contribution in [3.63, 3.8) is 0 Å². The molecule has 0 fully saturated rings. The van der Waals surface area contributed by atoms with E-state index in [1.807, 2.05) is 25.1 Å². The average Bonchev–Trinajstić information content (AvgIpc) is 2.62. The number of benzene rings is 2. The van der Waals surface area contributed by atoms with Gasteiger partial charge in [0.2, 0.25) is 0 Å². The molecule has 1 heterocycles. The number of hydrogen-bond donors (Lipinski definition) is 1. The van der Waals surface area contributed by atoms with Crippen molar-refractivity contribution >= 4 is 40.1 Å². The van der Waals surface area contributed by atoms with Crippen molar-refractivity contribution in [3.8, 4) is 0 Å². The van der Waals surface area contributed by atoms with E-state index >= 15 is 0 Å². The maximum atomic E-state index is 12.7. The summed E-state index contributed by atoms with van der Waals surface area (Å²) in [6.45, 7) is 3.76. The molecule has 3 rings (SSSR count). The van der Waals surface area contributed by atoms with Crippen LogP contribution in [0.5, 0.6) is 0 Å². The highest BCUT2D eigenvalue weighted by atomic mass is 35.5. The molecule has 0 spiro atoms. The van der Waals surface area contributed by atoms with Crippen molar-refractivity contribution in [2.24, 2.45) is 0 Å². The molecule has 1 N–H and O–H groups in total. The standard InChI is InChI=1S/C20H17ClN2O3/c1-11-4-7-17-14(8-11)9-15(12(2)22-17)19(24)23-18-10-13(20(25)26-3)5-6-16(18)21/h4-10H,1-3H3,(H,23,24). The largest absolute Gasteiger partial charge is 0.465 e. The van der Waals surface area contributed by atoms with Crippen LogP contribution in [0.4, 0.5) is 5.69 Å². The van der Waals surface area contributed by atoms with Crippen LogP contribution in [0.3, 0.4) is 0 Å². The van der Waals surface area contributed by atoms with Crippen LogP contribution in [0, 0.1) is 13.8 Å². The van der Waals surface area contributed by atoms with Gasteiger partial charge in [-0.2, -0.15) is 0 Å². The summed E-state index contributed by atoms with van der Waals surface area (Å²) >= 11 is 6.15. The van der Waals surface area contributed by atoms with Gasteiger partial charge in [0.15, 0.2) is 0 Å². The number of aryl methyl sites for hydroxylation is 2. The predicted octanol–water partition coefficient (Wildman–Crippen LogP) is 4.54. The molecule has 0 atom stereocenters. The maximum Gasteiger partial charge on any atom is 0.337 e. The highest BCUT2D eigenvalue weighted by Crippen LogP contribution is 2.25. The molecule has 1 aromatic heterocycles. The number of halogens is 1. The summed E-state index contributed by atoms with van der Waals surface area (Å²) in [5.41, 5.74) is 3.61. The van der Waals surface area contributed by atoms with Gasteiger partial charge in [-0.3, -0.25) is 9.78 Å². The van der Waals surface area contributed by atoms with Crippen molar-refractivity contribution in [1.82, 2.24) is 4.98 Å². The zero-order valence-corrected chi connectivity index (χ0v) is 15.3. The van der Waals surface area contributed by atoms with Gasteiger partial charge in [0.25, 0.3) is 5.91 Å². The fraction of sp³-hybridized carbons (Fsp3) is 0.150. The minimum atomic E-state index is -0.504. The minimum absolute atomic E-state index is 0.302. The van der Waals surface area contributed by atoms with Gasteiger partial charge in [-0.25, -0.2) is 4.79 Å². The first-order valence-electron chi connectivity index (χ1n) is 7.96. The van der Waals surface area contributed by atoms with E-state index in [2.05, 4.69) is 10.3 Å². The Labute approximate surface area is 156 Å². The Morgan fingerprint density at radius 2 is 1.85 bits per heavy atom. The molecule has 26 heavy (non-hydrogen) atoms. The van der Waals surface area contributed by atoms with Gasteiger partial charge in [-0.05, 0) is 50.2 Å². The lowest BCUT2D eigenvalue weighted by Gasteiger charge is -2.11. The number of ether oxygens (including phenoxy) is 1. The number of nitrogens with one attached hydrogen (secondary N) is 1. The second-order valence-corrected chi connectivity index (χ2v) is 6.37. The van der Waals surface area contributed by atoms with Crippen LogP contribution in [0.1, 0.15) is 32.0 Å². The summed E-state index contributed by atoms with van der Waals surface area (Å²) in [6.07, 6.45) is 0. The number of carbonyl (C=O) groups excluding carboxylic acids is 2. The van der Waals surface area contributed by atoms with Gasteiger partial charge in [-0.15, -0.1) is 0 Å². The molecule has 0 radical (unpaired) electrons. The summed E-state index contributed by atoms with van der Waals surface area (Å²) < 4.78 is 4.69. The molecule has 0 saturated carbocycles. The number of aromatic nitrogens is 1. The molecule has 0 saturated heterocycles.